The van der Waals surface area contributed by atoms with E-state index in [-0.39, 0.29) is 11.7 Å². The molecule has 0 radical (unpaired) electrons. The highest BCUT2D eigenvalue weighted by atomic mass is 19.1. The van der Waals surface area contributed by atoms with Gasteiger partial charge in [0.1, 0.15) is 5.82 Å². The first-order valence-corrected chi connectivity index (χ1v) is 9.54. The van der Waals surface area contributed by atoms with Crippen LogP contribution in [0.15, 0.2) is 60.7 Å². The summed E-state index contributed by atoms with van der Waals surface area (Å²) in [5.41, 5.74) is 3.74. The molecule has 0 saturated carbocycles. The van der Waals surface area contributed by atoms with Crippen LogP contribution in [0.1, 0.15) is 48.8 Å². The maximum Gasteiger partial charge on any atom is 0.123 e. The lowest BCUT2D eigenvalue weighted by molar-refractivity contribution is 0.394. The van der Waals surface area contributed by atoms with Crippen molar-refractivity contribution in [2.45, 2.75) is 38.5 Å². The normalized spacial score (nSPS) is 18.8. The van der Waals surface area contributed by atoms with E-state index in [4.69, 9.17) is 0 Å². The third kappa shape index (κ3) is 3.25. The molecule has 0 N–H and O–H groups in total. The summed E-state index contributed by atoms with van der Waals surface area (Å²) >= 11 is 0. The van der Waals surface area contributed by atoms with Crippen LogP contribution in [0.4, 0.5) is 4.39 Å². The van der Waals surface area contributed by atoms with Gasteiger partial charge in [-0.15, -0.1) is 0 Å². The van der Waals surface area contributed by atoms with Crippen molar-refractivity contribution in [3.8, 4) is 11.8 Å². The molecule has 1 aliphatic rings. The van der Waals surface area contributed by atoms with Crippen LogP contribution in [0, 0.1) is 23.6 Å². The van der Waals surface area contributed by atoms with E-state index in [0.29, 0.717) is 5.92 Å². The molecule has 0 bridgehead atoms. The van der Waals surface area contributed by atoms with Crippen molar-refractivity contribution in [1.29, 1.82) is 0 Å². The number of fused-ring (bicyclic) bond motifs is 3. The molecule has 0 aromatic heterocycles. The lowest BCUT2D eigenvalue weighted by Gasteiger charge is -2.31. The van der Waals surface area contributed by atoms with E-state index in [1.54, 1.807) is 12.1 Å². The summed E-state index contributed by atoms with van der Waals surface area (Å²) in [6.45, 7) is 2.25. The number of halogens is 1. The number of aryl methyl sites for hydroxylation is 1. The molecule has 3 aromatic carbocycles. The van der Waals surface area contributed by atoms with Gasteiger partial charge in [0.2, 0.25) is 0 Å². The van der Waals surface area contributed by atoms with Crippen LogP contribution in [0.5, 0.6) is 0 Å². The number of benzene rings is 3. The summed E-state index contributed by atoms with van der Waals surface area (Å²) in [6.07, 6.45) is 4.71. The molecule has 0 amide bonds. The second kappa shape index (κ2) is 7.34. The Morgan fingerprint density at radius 3 is 2.62 bits per heavy atom. The standard InChI is InChI=1S/C25H23F/c1-2-5-19-11-16-24-22-7-4-3-6-20(22)12-17-25(24)23(19)15-10-18-8-13-21(26)14-9-18/h3-4,6-9,12-14,17,19,23H,2,5,11,16H2,1H3. The molecule has 0 aliphatic heterocycles. The first-order valence-electron chi connectivity index (χ1n) is 9.54. The minimum atomic E-state index is -0.214. The molecule has 26 heavy (non-hydrogen) atoms. The molecular weight excluding hydrogens is 319 g/mol. The smallest absolute Gasteiger partial charge is 0.123 e. The van der Waals surface area contributed by atoms with Crippen molar-refractivity contribution < 1.29 is 4.39 Å². The molecule has 130 valence electrons. The Morgan fingerprint density at radius 1 is 1.00 bits per heavy atom. The van der Waals surface area contributed by atoms with Gasteiger partial charge >= 0.3 is 0 Å². The summed E-state index contributed by atoms with van der Waals surface area (Å²) in [7, 11) is 0. The summed E-state index contributed by atoms with van der Waals surface area (Å²) in [4.78, 5) is 0. The quantitative estimate of drug-likeness (QED) is 0.468. The Labute approximate surface area is 155 Å². The molecule has 0 nitrogen and oxygen atoms in total. The Morgan fingerprint density at radius 2 is 1.81 bits per heavy atom. The Bertz CT molecular complexity index is 972. The lowest BCUT2D eigenvalue weighted by atomic mass is 9.72. The van der Waals surface area contributed by atoms with Crippen LogP contribution in [0.2, 0.25) is 0 Å². The van der Waals surface area contributed by atoms with Gasteiger partial charge in [-0.2, -0.15) is 0 Å². The van der Waals surface area contributed by atoms with Crippen LogP contribution in [0.25, 0.3) is 10.8 Å². The SMILES string of the molecule is CCCC1CCc2c(ccc3ccccc23)C1C#Cc1ccc(F)cc1. The fourth-order valence-corrected chi connectivity index (χ4v) is 4.25. The van der Waals surface area contributed by atoms with Gasteiger partial charge in [-0.05, 0) is 71.3 Å². The largest absolute Gasteiger partial charge is 0.207 e. The lowest BCUT2D eigenvalue weighted by Crippen LogP contribution is -2.20. The van der Waals surface area contributed by atoms with E-state index in [2.05, 4.69) is 55.2 Å². The second-order valence-electron chi connectivity index (χ2n) is 7.20. The molecule has 0 heterocycles. The van der Waals surface area contributed by atoms with Crippen LogP contribution < -0.4 is 0 Å². The minimum Gasteiger partial charge on any atom is -0.207 e. The van der Waals surface area contributed by atoms with Crippen molar-refractivity contribution >= 4 is 10.8 Å². The van der Waals surface area contributed by atoms with Crippen LogP contribution in [0.3, 0.4) is 0 Å². The summed E-state index contributed by atoms with van der Waals surface area (Å²) in [6, 6.07) is 19.7. The highest BCUT2D eigenvalue weighted by Crippen LogP contribution is 2.41. The summed E-state index contributed by atoms with van der Waals surface area (Å²) in [5.74, 6) is 7.49. The van der Waals surface area contributed by atoms with Gasteiger partial charge < -0.3 is 0 Å². The predicted octanol–water partition coefficient (Wildman–Crippen LogP) is 6.48. The van der Waals surface area contributed by atoms with E-state index in [1.165, 1.54) is 53.3 Å². The molecule has 1 aliphatic carbocycles. The number of hydrogen-bond acceptors (Lipinski definition) is 0. The first-order chi connectivity index (χ1) is 12.8. The average Bonchev–Trinajstić information content (AvgIpc) is 2.68. The van der Waals surface area contributed by atoms with Gasteiger partial charge in [-0.3, -0.25) is 0 Å². The molecular formula is C25H23F. The Balaban J connectivity index is 1.78. The molecule has 0 saturated heterocycles. The van der Waals surface area contributed by atoms with Crippen LogP contribution >= 0.6 is 0 Å². The van der Waals surface area contributed by atoms with Crippen molar-refractivity contribution in [2.75, 3.05) is 0 Å². The van der Waals surface area contributed by atoms with Gasteiger partial charge in [-0.1, -0.05) is 61.6 Å². The molecule has 2 unspecified atom stereocenters. The van der Waals surface area contributed by atoms with E-state index in [0.717, 1.165) is 12.0 Å². The van der Waals surface area contributed by atoms with Crippen molar-refractivity contribution in [3.63, 3.8) is 0 Å². The van der Waals surface area contributed by atoms with Gasteiger partial charge in [-0.25, -0.2) is 4.39 Å². The molecule has 0 fully saturated rings. The Kier molecular flexibility index (Phi) is 4.76. The molecule has 1 heteroatoms. The van der Waals surface area contributed by atoms with Gasteiger partial charge in [0, 0.05) is 11.5 Å². The second-order valence-corrected chi connectivity index (χ2v) is 7.20. The maximum absolute atomic E-state index is 13.1. The zero-order valence-corrected chi connectivity index (χ0v) is 15.1. The fourth-order valence-electron chi connectivity index (χ4n) is 4.25. The first kappa shape index (κ1) is 16.9. The van der Waals surface area contributed by atoms with E-state index in [1.807, 2.05) is 0 Å². The zero-order valence-electron chi connectivity index (χ0n) is 15.1. The summed E-state index contributed by atoms with van der Waals surface area (Å²) in [5, 5.41) is 2.68. The highest BCUT2D eigenvalue weighted by Gasteiger charge is 2.28. The summed E-state index contributed by atoms with van der Waals surface area (Å²) < 4.78 is 13.1. The number of hydrogen-bond donors (Lipinski definition) is 0. The van der Waals surface area contributed by atoms with Crippen molar-refractivity contribution in [3.05, 3.63) is 83.2 Å². The minimum absolute atomic E-state index is 0.214. The molecule has 3 aromatic rings. The monoisotopic (exact) mass is 342 g/mol. The maximum atomic E-state index is 13.1. The molecule has 4 rings (SSSR count). The van der Waals surface area contributed by atoms with Crippen LogP contribution in [-0.4, -0.2) is 0 Å². The third-order valence-corrected chi connectivity index (χ3v) is 5.52. The topological polar surface area (TPSA) is 0 Å². The van der Waals surface area contributed by atoms with E-state index in [9.17, 15) is 4.39 Å². The fraction of sp³-hybridized carbons (Fsp3) is 0.280. The number of rotatable bonds is 2. The van der Waals surface area contributed by atoms with E-state index < -0.39 is 0 Å². The zero-order chi connectivity index (χ0) is 17.9. The van der Waals surface area contributed by atoms with Crippen molar-refractivity contribution in [2.24, 2.45) is 5.92 Å². The van der Waals surface area contributed by atoms with E-state index >= 15 is 0 Å². The van der Waals surface area contributed by atoms with Gasteiger partial charge in [0.25, 0.3) is 0 Å². The molecule has 0 spiro atoms. The third-order valence-electron chi connectivity index (χ3n) is 5.52. The van der Waals surface area contributed by atoms with Crippen molar-refractivity contribution in [1.82, 2.24) is 0 Å². The highest BCUT2D eigenvalue weighted by molar-refractivity contribution is 5.87. The Hall–Kier alpha value is -2.59. The molecule has 2 atom stereocenters. The van der Waals surface area contributed by atoms with Crippen LogP contribution in [-0.2, 0) is 6.42 Å². The predicted molar refractivity (Wildman–Crippen MR) is 107 cm³/mol. The van der Waals surface area contributed by atoms with Gasteiger partial charge in [0.15, 0.2) is 0 Å². The van der Waals surface area contributed by atoms with Gasteiger partial charge in [0.05, 0.1) is 0 Å². The average molecular weight is 342 g/mol.